The third-order valence-electron chi connectivity index (χ3n) is 4.51. The molecule has 0 spiro atoms. The lowest BCUT2D eigenvalue weighted by Gasteiger charge is -2.30. The molecule has 1 heterocycles. The number of amides is 2. The van der Waals surface area contributed by atoms with Crippen LogP contribution in [-0.4, -0.2) is 50.5 Å². The summed E-state index contributed by atoms with van der Waals surface area (Å²) in [6, 6.07) is 5.48. The van der Waals surface area contributed by atoms with E-state index in [4.69, 9.17) is 4.74 Å². The summed E-state index contributed by atoms with van der Waals surface area (Å²) in [5.41, 5.74) is 1.43. The number of hydrogen-bond donors (Lipinski definition) is 1. The van der Waals surface area contributed by atoms with Crippen LogP contribution in [0.25, 0.3) is 0 Å². The zero-order valence-electron chi connectivity index (χ0n) is 15.7. The number of nitrogens with one attached hydrogen (secondary N) is 1. The van der Waals surface area contributed by atoms with Gasteiger partial charge in [-0.1, -0.05) is 13.8 Å². The summed E-state index contributed by atoms with van der Waals surface area (Å²) in [6.45, 7) is 5.63. The van der Waals surface area contributed by atoms with Gasteiger partial charge in [-0.05, 0) is 58.1 Å². The molecule has 0 aromatic heterocycles. The Hall–Kier alpha value is -2.08. The topological polar surface area (TPSA) is 61.9 Å². The van der Waals surface area contributed by atoms with Crippen LogP contribution in [-0.2, 0) is 9.59 Å². The lowest BCUT2D eigenvalue weighted by Crippen LogP contribution is -2.40. The maximum Gasteiger partial charge on any atom is 0.265 e. The number of benzene rings is 1. The number of carbonyl (C=O) groups is 2. The quantitative estimate of drug-likeness (QED) is 0.785. The molecule has 0 atom stereocenters. The van der Waals surface area contributed by atoms with Crippen LogP contribution in [0.15, 0.2) is 18.2 Å². The van der Waals surface area contributed by atoms with Crippen LogP contribution >= 0.6 is 0 Å². The first kappa shape index (κ1) is 19.2. The Morgan fingerprint density at radius 2 is 2.04 bits per heavy atom. The van der Waals surface area contributed by atoms with Crippen LogP contribution in [0.3, 0.4) is 0 Å². The third-order valence-corrected chi connectivity index (χ3v) is 4.51. The number of hydrogen-bond acceptors (Lipinski definition) is 4. The van der Waals surface area contributed by atoms with Crippen LogP contribution < -0.4 is 15.0 Å². The van der Waals surface area contributed by atoms with Crippen molar-refractivity contribution in [3.05, 3.63) is 18.2 Å². The summed E-state index contributed by atoms with van der Waals surface area (Å²) in [6.07, 6.45) is 2.50. The van der Waals surface area contributed by atoms with Gasteiger partial charge < -0.3 is 19.9 Å². The van der Waals surface area contributed by atoms with Gasteiger partial charge in [0, 0.05) is 18.2 Å². The molecule has 2 rings (SSSR count). The van der Waals surface area contributed by atoms with Crippen molar-refractivity contribution in [2.24, 2.45) is 5.92 Å². The number of carbonyl (C=O) groups excluding carboxylic acids is 2. The summed E-state index contributed by atoms with van der Waals surface area (Å²) in [4.78, 5) is 28.4. The predicted molar refractivity (Wildman–Crippen MR) is 100 cm³/mol. The van der Waals surface area contributed by atoms with Gasteiger partial charge >= 0.3 is 0 Å². The molecule has 138 valence electrons. The van der Waals surface area contributed by atoms with E-state index in [9.17, 15) is 9.59 Å². The lowest BCUT2D eigenvalue weighted by molar-refractivity contribution is -0.121. The molecule has 0 bridgehead atoms. The van der Waals surface area contributed by atoms with Crippen LogP contribution in [0.1, 0.15) is 33.1 Å². The second kappa shape index (κ2) is 8.85. The van der Waals surface area contributed by atoms with E-state index >= 15 is 0 Å². The highest BCUT2D eigenvalue weighted by Crippen LogP contribution is 2.34. The fourth-order valence-corrected chi connectivity index (χ4v) is 2.97. The SMILES string of the molecule is CCC(CC)C(=O)Nc1ccc2c(c1)N(CCCN(C)C)C(=O)CO2. The van der Waals surface area contributed by atoms with Gasteiger partial charge in [0.25, 0.3) is 5.91 Å². The van der Waals surface area contributed by atoms with E-state index in [0.717, 1.165) is 31.5 Å². The standard InChI is InChI=1S/C19H29N3O3/c1-5-14(6-2)19(24)20-15-8-9-17-16(12-15)22(18(23)13-25-17)11-7-10-21(3)4/h8-9,12,14H,5-7,10-11,13H2,1-4H3,(H,20,24). The first-order valence-electron chi connectivity index (χ1n) is 8.99. The monoisotopic (exact) mass is 347 g/mol. The van der Waals surface area contributed by atoms with Crippen molar-refractivity contribution >= 4 is 23.2 Å². The first-order chi connectivity index (χ1) is 12.0. The summed E-state index contributed by atoms with van der Waals surface area (Å²) < 4.78 is 5.53. The molecule has 1 aromatic rings. The average molecular weight is 347 g/mol. The predicted octanol–water partition coefficient (Wildman–Crippen LogP) is 2.74. The molecule has 0 unspecified atom stereocenters. The van der Waals surface area contributed by atoms with Crippen molar-refractivity contribution in [3.8, 4) is 5.75 Å². The van der Waals surface area contributed by atoms with Gasteiger partial charge in [0.05, 0.1) is 5.69 Å². The maximum atomic E-state index is 12.3. The van der Waals surface area contributed by atoms with E-state index in [2.05, 4.69) is 10.2 Å². The van der Waals surface area contributed by atoms with Crippen molar-refractivity contribution < 1.29 is 14.3 Å². The Morgan fingerprint density at radius 1 is 1.32 bits per heavy atom. The molecular weight excluding hydrogens is 318 g/mol. The molecule has 6 nitrogen and oxygen atoms in total. The van der Waals surface area contributed by atoms with Crippen LogP contribution in [0.4, 0.5) is 11.4 Å². The largest absolute Gasteiger partial charge is 0.482 e. The van der Waals surface area contributed by atoms with Crippen LogP contribution in [0, 0.1) is 5.92 Å². The van der Waals surface area contributed by atoms with Crippen molar-refractivity contribution in [2.75, 3.05) is 44.0 Å². The van der Waals surface area contributed by atoms with Gasteiger partial charge in [-0.15, -0.1) is 0 Å². The first-order valence-corrected chi connectivity index (χ1v) is 8.99. The smallest absolute Gasteiger partial charge is 0.265 e. The Bertz CT molecular complexity index is 612. The van der Waals surface area contributed by atoms with E-state index in [1.807, 2.05) is 46.1 Å². The van der Waals surface area contributed by atoms with Gasteiger partial charge in [-0.3, -0.25) is 9.59 Å². The Balaban J connectivity index is 2.15. The van der Waals surface area contributed by atoms with Gasteiger partial charge in [0.2, 0.25) is 5.91 Å². The summed E-state index contributed by atoms with van der Waals surface area (Å²) >= 11 is 0. The zero-order valence-corrected chi connectivity index (χ0v) is 15.7. The van der Waals surface area contributed by atoms with Gasteiger partial charge in [-0.2, -0.15) is 0 Å². The molecular formula is C19H29N3O3. The maximum absolute atomic E-state index is 12.3. The fraction of sp³-hybridized carbons (Fsp3) is 0.579. The molecule has 0 fully saturated rings. The lowest BCUT2D eigenvalue weighted by atomic mass is 10.0. The molecule has 1 aromatic carbocycles. The van der Waals surface area contributed by atoms with Crippen molar-refractivity contribution in [3.63, 3.8) is 0 Å². The minimum absolute atomic E-state index is 0.00473. The van der Waals surface area contributed by atoms with Gasteiger partial charge in [-0.25, -0.2) is 0 Å². The summed E-state index contributed by atoms with van der Waals surface area (Å²) in [5.74, 6) is 0.664. The number of anilines is 2. The minimum atomic E-state index is -0.0466. The highest BCUT2D eigenvalue weighted by molar-refractivity contribution is 5.99. The molecule has 1 aliphatic heterocycles. The third kappa shape index (κ3) is 4.95. The normalized spacial score (nSPS) is 13.8. The number of ether oxygens (including phenoxy) is 1. The molecule has 1 aliphatic rings. The zero-order chi connectivity index (χ0) is 18.4. The molecule has 0 aliphatic carbocycles. The Morgan fingerprint density at radius 3 is 2.68 bits per heavy atom. The van der Waals surface area contributed by atoms with E-state index in [-0.39, 0.29) is 24.3 Å². The second-order valence-corrected chi connectivity index (χ2v) is 6.68. The number of rotatable bonds is 8. The average Bonchev–Trinajstić information content (AvgIpc) is 2.57. The van der Waals surface area contributed by atoms with Crippen LogP contribution in [0.5, 0.6) is 5.75 Å². The fourth-order valence-electron chi connectivity index (χ4n) is 2.97. The second-order valence-electron chi connectivity index (χ2n) is 6.68. The van der Waals surface area contributed by atoms with E-state index in [0.29, 0.717) is 18.0 Å². The summed E-state index contributed by atoms with van der Waals surface area (Å²) in [5, 5.41) is 2.96. The summed E-state index contributed by atoms with van der Waals surface area (Å²) in [7, 11) is 4.03. The van der Waals surface area contributed by atoms with Crippen molar-refractivity contribution in [1.29, 1.82) is 0 Å². The molecule has 1 N–H and O–H groups in total. The molecule has 0 radical (unpaired) electrons. The Labute approximate surface area is 150 Å². The van der Waals surface area contributed by atoms with Crippen molar-refractivity contribution in [2.45, 2.75) is 33.1 Å². The van der Waals surface area contributed by atoms with Crippen molar-refractivity contribution in [1.82, 2.24) is 4.90 Å². The molecule has 2 amide bonds. The van der Waals surface area contributed by atoms with E-state index in [1.165, 1.54) is 0 Å². The molecule has 25 heavy (non-hydrogen) atoms. The van der Waals surface area contributed by atoms with E-state index in [1.54, 1.807) is 4.90 Å². The molecule has 6 heteroatoms. The van der Waals surface area contributed by atoms with Gasteiger partial charge in [0.1, 0.15) is 5.75 Å². The van der Waals surface area contributed by atoms with E-state index < -0.39 is 0 Å². The Kier molecular flexibility index (Phi) is 6.82. The minimum Gasteiger partial charge on any atom is -0.482 e. The highest BCUT2D eigenvalue weighted by Gasteiger charge is 2.26. The molecule has 0 saturated heterocycles. The molecule has 0 saturated carbocycles. The van der Waals surface area contributed by atoms with Gasteiger partial charge in [0.15, 0.2) is 6.61 Å². The number of nitrogens with zero attached hydrogens (tertiary/aromatic N) is 2. The van der Waals surface area contributed by atoms with Crippen LogP contribution in [0.2, 0.25) is 0 Å². The highest BCUT2D eigenvalue weighted by atomic mass is 16.5. The number of fused-ring (bicyclic) bond motifs is 1.